The molecule has 1 heterocycles. The molecule has 0 aliphatic heterocycles. The predicted octanol–water partition coefficient (Wildman–Crippen LogP) is 8.24. The Morgan fingerprint density at radius 2 is 1.63 bits per heavy atom. The lowest BCUT2D eigenvalue weighted by molar-refractivity contribution is -0.274. The molecule has 0 saturated heterocycles. The van der Waals surface area contributed by atoms with Gasteiger partial charge in [-0.15, -0.1) is 13.2 Å². The summed E-state index contributed by atoms with van der Waals surface area (Å²) in [5.74, 6) is -1.16. The van der Waals surface area contributed by atoms with E-state index in [0.29, 0.717) is 10.6 Å². The third-order valence-corrected chi connectivity index (χ3v) is 6.64. The molecule has 4 nitrogen and oxygen atoms in total. The molecule has 1 unspecified atom stereocenters. The highest BCUT2D eigenvalue weighted by Gasteiger charge is 2.31. The highest BCUT2D eigenvalue weighted by molar-refractivity contribution is 6.31. The monoisotopic (exact) mass is 537 g/mol. The number of ether oxygens (including phenoxy) is 2. The number of alkyl halides is 3. The molecule has 1 atom stereocenters. The fraction of sp³-hybridized carbons (Fsp3) is 0.167. The zero-order valence-electron chi connectivity index (χ0n) is 20.3. The lowest BCUT2D eigenvalue weighted by atomic mass is 9.99. The van der Waals surface area contributed by atoms with E-state index in [1.807, 2.05) is 65.2 Å². The van der Waals surface area contributed by atoms with Crippen LogP contribution >= 0.6 is 11.6 Å². The largest absolute Gasteiger partial charge is 0.573 e. The molecule has 194 valence electrons. The van der Waals surface area contributed by atoms with Crippen molar-refractivity contribution in [2.24, 2.45) is 0 Å². The quantitative estimate of drug-likeness (QED) is 0.196. The van der Waals surface area contributed by atoms with E-state index in [4.69, 9.17) is 16.3 Å². The van der Waals surface area contributed by atoms with Crippen molar-refractivity contribution in [3.8, 4) is 5.75 Å². The third kappa shape index (κ3) is 5.63. The van der Waals surface area contributed by atoms with Crippen molar-refractivity contribution < 1.29 is 27.4 Å². The molecule has 5 rings (SSSR count). The van der Waals surface area contributed by atoms with Crippen LogP contribution < -0.4 is 4.74 Å². The Balaban J connectivity index is 1.50. The maximum Gasteiger partial charge on any atom is 0.573 e. The van der Waals surface area contributed by atoms with Crippen molar-refractivity contribution in [2.45, 2.75) is 32.4 Å². The highest BCUT2D eigenvalue weighted by atomic mass is 35.5. The maximum atomic E-state index is 12.8. The van der Waals surface area contributed by atoms with Crippen LogP contribution in [0.2, 0.25) is 5.02 Å². The van der Waals surface area contributed by atoms with E-state index >= 15 is 0 Å². The highest BCUT2D eigenvalue weighted by Crippen LogP contribution is 2.34. The van der Waals surface area contributed by atoms with Gasteiger partial charge < -0.3 is 14.0 Å². The van der Waals surface area contributed by atoms with Gasteiger partial charge in [0.25, 0.3) is 0 Å². The number of benzene rings is 4. The second-order valence-corrected chi connectivity index (χ2v) is 9.47. The van der Waals surface area contributed by atoms with E-state index in [1.54, 1.807) is 19.1 Å². The zero-order valence-corrected chi connectivity index (χ0v) is 21.1. The topological polar surface area (TPSA) is 40.5 Å². The van der Waals surface area contributed by atoms with Gasteiger partial charge >= 0.3 is 12.3 Å². The molecule has 0 saturated carbocycles. The van der Waals surface area contributed by atoms with Crippen molar-refractivity contribution in [1.82, 2.24) is 4.57 Å². The van der Waals surface area contributed by atoms with Crippen LogP contribution in [0, 0.1) is 0 Å². The fourth-order valence-corrected chi connectivity index (χ4v) is 4.71. The zero-order chi connectivity index (χ0) is 26.9. The minimum atomic E-state index is -4.78. The maximum absolute atomic E-state index is 12.8. The van der Waals surface area contributed by atoms with Crippen LogP contribution in [-0.2, 0) is 22.7 Å². The number of nitrogens with zero attached hydrogens (tertiary/aromatic N) is 1. The fourth-order valence-electron chi connectivity index (χ4n) is 4.54. The molecule has 0 N–H and O–H groups in total. The molecule has 8 heteroatoms. The van der Waals surface area contributed by atoms with E-state index in [-0.39, 0.29) is 24.9 Å². The minimum absolute atomic E-state index is 0.182. The van der Waals surface area contributed by atoms with E-state index in [1.165, 1.54) is 18.2 Å². The molecule has 0 aliphatic carbocycles. The molecule has 5 aromatic rings. The second-order valence-electron chi connectivity index (χ2n) is 9.03. The third-order valence-electron chi connectivity index (χ3n) is 6.40. The molecule has 0 spiro atoms. The van der Waals surface area contributed by atoms with Gasteiger partial charge in [0.2, 0.25) is 0 Å². The second kappa shape index (κ2) is 10.4. The smallest absolute Gasteiger partial charge is 0.460 e. The first-order chi connectivity index (χ1) is 18.2. The Morgan fingerprint density at radius 3 is 2.39 bits per heavy atom. The minimum Gasteiger partial charge on any atom is -0.460 e. The lowest BCUT2D eigenvalue weighted by Crippen LogP contribution is -2.17. The summed E-state index contributed by atoms with van der Waals surface area (Å²) < 4.78 is 49.9. The number of carbonyl (C=O) groups excluding carboxylic acids is 1. The SMILES string of the molecule is CC(C(=O)OCc1ccccc1)c1ccc2c3cc(Cl)ccc3n(Cc3cccc(OC(F)(F)F)c3)c2c1. The van der Waals surface area contributed by atoms with E-state index < -0.39 is 12.3 Å². The summed E-state index contributed by atoms with van der Waals surface area (Å²) in [5, 5.41) is 2.39. The molecule has 0 amide bonds. The molecule has 0 fully saturated rings. The summed E-state index contributed by atoms with van der Waals surface area (Å²) in [5.41, 5.74) is 3.98. The van der Waals surface area contributed by atoms with Crippen LogP contribution in [0.1, 0.15) is 29.5 Å². The standard InChI is InChI=1S/C30H23ClF3NO3/c1-19(29(36)37-18-20-6-3-2-4-7-20)22-10-12-25-26-16-23(31)11-13-27(26)35(28(25)15-22)17-21-8-5-9-24(14-21)38-30(32,33)34/h2-16,19H,17-18H2,1H3. The summed E-state index contributed by atoms with van der Waals surface area (Å²) in [6, 6.07) is 26.6. The molecule has 0 aliphatic rings. The number of esters is 1. The Morgan fingerprint density at radius 1 is 0.868 bits per heavy atom. The van der Waals surface area contributed by atoms with Gasteiger partial charge in [-0.2, -0.15) is 0 Å². The van der Waals surface area contributed by atoms with E-state index in [9.17, 15) is 18.0 Å². The number of carbonyl (C=O) groups is 1. The van der Waals surface area contributed by atoms with E-state index in [0.717, 1.165) is 32.9 Å². The summed E-state index contributed by atoms with van der Waals surface area (Å²) in [7, 11) is 0. The Bertz CT molecular complexity index is 1610. The van der Waals surface area contributed by atoms with Crippen molar-refractivity contribution in [2.75, 3.05) is 0 Å². The number of halogens is 4. The van der Waals surface area contributed by atoms with Gasteiger partial charge in [0.1, 0.15) is 12.4 Å². The van der Waals surface area contributed by atoms with Crippen LogP contribution in [0.25, 0.3) is 21.8 Å². The van der Waals surface area contributed by atoms with Gasteiger partial charge in [0, 0.05) is 33.4 Å². The number of aromatic nitrogens is 1. The van der Waals surface area contributed by atoms with Gasteiger partial charge in [-0.05, 0) is 60.0 Å². The van der Waals surface area contributed by atoms with Crippen molar-refractivity contribution in [3.05, 3.63) is 113 Å². The van der Waals surface area contributed by atoms with Gasteiger partial charge in [-0.1, -0.05) is 66.2 Å². The Hall–Kier alpha value is -3.97. The summed E-state index contributed by atoms with van der Waals surface area (Å²) in [4.78, 5) is 12.8. The normalized spacial score (nSPS) is 12.6. The molecule has 0 radical (unpaired) electrons. The van der Waals surface area contributed by atoms with Crippen LogP contribution in [0.4, 0.5) is 13.2 Å². The predicted molar refractivity (Wildman–Crippen MR) is 141 cm³/mol. The number of rotatable bonds is 7. The number of hydrogen-bond donors (Lipinski definition) is 0. The van der Waals surface area contributed by atoms with Crippen molar-refractivity contribution in [3.63, 3.8) is 0 Å². The summed E-state index contributed by atoms with van der Waals surface area (Å²) >= 11 is 6.29. The van der Waals surface area contributed by atoms with Crippen LogP contribution in [0.5, 0.6) is 5.75 Å². The van der Waals surface area contributed by atoms with Crippen molar-refractivity contribution in [1.29, 1.82) is 0 Å². The van der Waals surface area contributed by atoms with E-state index in [2.05, 4.69) is 4.74 Å². The van der Waals surface area contributed by atoms with Gasteiger partial charge in [0.05, 0.1) is 5.92 Å². The molecule has 4 aromatic carbocycles. The molecular weight excluding hydrogens is 515 g/mol. The van der Waals surface area contributed by atoms with Crippen molar-refractivity contribution >= 4 is 39.4 Å². The Labute approximate surface area is 222 Å². The molecule has 1 aromatic heterocycles. The number of fused-ring (bicyclic) bond motifs is 3. The summed E-state index contributed by atoms with van der Waals surface area (Å²) in [6.45, 7) is 2.25. The first-order valence-electron chi connectivity index (χ1n) is 11.9. The lowest BCUT2D eigenvalue weighted by Gasteiger charge is -2.14. The van der Waals surface area contributed by atoms with Crippen LogP contribution in [-0.4, -0.2) is 16.9 Å². The summed E-state index contributed by atoms with van der Waals surface area (Å²) in [6.07, 6.45) is -4.78. The average molecular weight is 538 g/mol. The molecule has 38 heavy (non-hydrogen) atoms. The van der Waals surface area contributed by atoms with Gasteiger partial charge in [-0.3, -0.25) is 4.79 Å². The van der Waals surface area contributed by atoms with Gasteiger partial charge in [0.15, 0.2) is 0 Å². The van der Waals surface area contributed by atoms with Crippen LogP contribution in [0.15, 0.2) is 91.0 Å². The first kappa shape index (κ1) is 25.7. The number of hydrogen-bond acceptors (Lipinski definition) is 3. The molecule has 0 bridgehead atoms. The van der Waals surface area contributed by atoms with Crippen LogP contribution in [0.3, 0.4) is 0 Å². The molecular formula is C30H23ClF3NO3. The Kier molecular flexibility index (Phi) is 7.04. The van der Waals surface area contributed by atoms with Gasteiger partial charge in [-0.25, -0.2) is 0 Å². The first-order valence-corrected chi connectivity index (χ1v) is 12.3. The average Bonchev–Trinajstić information content (AvgIpc) is 3.18.